The fourth-order valence-electron chi connectivity index (χ4n) is 2.95. The molecular formula is C25H30BrFN2O4. The second-order valence-electron chi connectivity index (χ2n) is 9.08. The molecule has 1 heterocycles. The van der Waals surface area contributed by atoms with Crippen molar-refractivity contribution in [3.05, 3.63) is 69.7 Å². The van der Waals surface area contributed by atoms with Crippen LogP contribution < -0.4 is 4.90 Å². The monoisotopic (exact) mass is 520 g/mol. The van der Waals surface area contributed by atoms with E-state index in [0.29, 0.717) is 22.0 Å². The number of amides is 1. The lowest BCUT2D eigenvalue weighted by molar-refractivity contribution is 0.0371. The maximum Gasteiger partial charge on any atom is 0.415 e. The van der Waals surface area contributed by atoms with Crippen LogP contribution in [0.1, 0.15) is 63.2 Å². The number of pyridine rings is 1. The maximum atomic E-state index is 13.3. The zero-order valence-corrected chi connectivity index (χ0v) is 21.5. The highest BCUT2D eigenvalue weighted by atomic mass is 79.9. The molecule has 0 bridgehead atoms. The standard InChI is InChI=1S/C25H30BrFN2O4/c1-15(2)14-29(24(31)33-25(5,6)7)22-20(26)18(12-17-8-10-19(27)11-9-17)13-28-21(22)23(30)32-16(3)4/h8-11,13,16H,1,12,14H2,2-7H3. The predicted octanol–water partition coefficient (Wildman–Crippen LogP) is 6.46. The summed E-state index contributed by atoms with van der Waals surface area (Å²) in [4.78, 5) is 31.7. The van der Waals surface area contributed by atoms with E-state index >= 15 is 0 Å². The van der Waals surface area contributed by atoms with Gasteiger partial charge in [-0.05, 0) is 80.7 Å². The van der Waals surface area contributed by atoms with Crippen molar-refractivity contribution < 1.29 is 23.5 Å². The van der Waals surface area contributed by atoms with E-state index in [1.54, 1.807) is 59.9 Å². The second-order valence-corrected chi connectivity index (χ2v) is 9.87. The molecular weight excluding hydrogens is 491 g/mol. The third-order valence-electron chi connectivity index (χ3n) is 4.22. The molecule has 0 spiro atoms. The van der Waals surface area contributed by atoms with E-state index in [1.165, 1.54) is 17.0 Å². The third kappa shape index (κ3) is 7.67. The molecule has 0 saturated heterocycles. The highest BCUT2D eigenvalue weighted by Crippen LogP contribution is 2.35. The lowest BCUT2D eigenvalue weighted by Gasteiger charge is -2.29. The minimum Gasteiger partial charge on any atom is -0.458 e. The molecule has 0 radical (unpaired) electrons. The summed E-state index contributed by atoms with van der Waals surface area (Å²) >= 11 is 3.58. The number of ether oxygens (including phenoxy) is 2. The number of benzene rings is 1. The van der Waals surface area contributed by atoms with Gasteiger partial charge in [0.1, 0.15) is 11.4 Å². The Hall–Kier alpha value is -2.74. The summed E-state index contributed by atoms with van der Waals surface area (Å²) in [5.74, 6) is -0.995. The Kier molecular flexibility index (Phi) is 8.77. The zero-order valence-electron chi connectivity index (χ0n) is 19.9. The fraction of sp³-hybridized carbons (Fsp3) is 0.400. The minimum absolute atomic E-state index is 0.0226. The summed E-state index contributed by atoms with van der Waals surface area (Å²) in [6.07, 6.45) is 0.920. The van der Waals surface area contributed by atoms with Crippen LogP contribution in [0.3, 0.4) is 0 Å². The maximum absolute atomic E-state index is 13.3. The number of carbonyl (C=O) groups is 2. The smallest absolute Gasteiger partial charge is 0.415 e. The Morgan fingerprint density at radius 1 is 1.21 bits per heavy atom. The molecule has 8 heteroatoms. The van der Waals surface area contributed by atoms with Gasteiger partial charge < -0.3 is 9.47 Å². The van der Waals surface area contributed by atoms with Crippen LogP contribution in [0.25, 0.3) is 0 Å². The molecule has 1 amide bonds. The average Bonchev–Trinajstić information content (AvgIpc) is 2.67. The number of rotatable bonds is 7. The molecule has 0 atom stereocenters. The Labute approximate surface area is 202 Å². The quantitative estimate of drug-likeness (QED) is 0.309. The largest absolute Gasteiger partial charge is 0.458 e. The van der Waals surface area contributed by atoms with Gasteiger partial charge in [-0.15, -0.1) is 0 Å². The molecule has 1 aromatic heterocycles. The number of hydrogen-bond acceptors (Lipinski definition) is 5. The van der Waals surface area contributed by atoms with E-state index in [4.69, 9.17) is 9.47 Å². The molecule has 0 aliphatic carbocycles. The number of esters is 1. The zero-order chi connectivity index (χ0) is 24.9. The van der Waals surface area contributed by atoms with Crippen LogP contribution in [0, 0.1) is 5.82 Å². The Balaban J connectivity index is 2.65. The first-order valence-electron chi connectivity index (χ1n) is 10.6. The number of anilines is 1. The molecule has 6 nitrogen and oxygen atoms in total. The highest BCUT2D eigenvalue weighted by Gasteiger charge is 2.31. The first-order valence-corrected chi connectivity index (χ1v) is 11.4. The van der Waals surface area contributed by atoms with Gasteiger partial charge in [-0.25, -0.2) is 19.0 Å². The highest BCUT2D eigenvalue weighted by molar-refractivity contribution is 9.10. The van der Waals surface area contributed by atoms with Crippen molar-refractivity contribution in [2.24, 2.45) is 0 Å². The number of nitrogens with zero attached hydrogens (tertiary/aromatic N) is 2. The van der Waals surface area contributed by atoms with Crippen molar-refractivity contribution in [3.63, 3.8) is 0 Å². The number of halogens is 2. The van der Waals surface area contributed by atoms with Crippen LogP contribution >= 0.6 is 15.9 Å². The summed E-state index contributed by atoms with van der Waals surface area (Å²) in [7, 11) is 0. The first-order chi connectivity index (χ1) is 15.3. The van der Waals surface area contributed by atoms with Gasteiger partial charge in [0.15, 0.2) is 5.69 Å². The molecule has 0 aliphatic rings. The fourth-order valence-corrected chi connectivity index (χ4v) is 3.59. The van der Waals surface area contributed by atoms with Gasteiger partial charge in [-0.1, -0.05) is 24.3 Å². The van der Waals surface area contributed by atoms with Crippen molar-refractivity contribution in [1.29, 1.82) is 0 Å². The average molecular weight is 521 g/mol. The van der Waals surface area contributed by atoms with Crippen molar-refractivity contribution >= 4 is 33.7 Å². The number of hydrogen-bond donors (Lipinski definition) is 0. The van der Waals surface area contributed by atoms with Crippen LogP contribution in [0.15, 0.2) is 47.1 Å². The summed E-state index contributed by atoms with van der Waals surface area (Å²) in [6.45, 7) is 14.5. The number of aromatic nitrogens is 1. The Morgan fingerprint density at radius 2 is 1.82 bits per heavy atom. The van der Waals surface area contributed by atoms with E-state index < -0.39 is 17.7 Å². The molecule has 1 aromatic carbocycles. The van der Waals surface area contributed by atoms with E-state index in [1.807, 2.05) is 0 Å². The van der Waals surface area contributed by atoms with Crippen LogP contribution in [-0.4, -0.2) is 35.3 Å². The molecule has 0 unspecified atom stereocenters. The summed E-state index contributed by atoms with van der Waals surface area (Å²) in [5.41, 5.74) is 1.68. The Bertz CT molecular complexity index is 1030. The van der Waals surface area contributed by atoms with Gasteiger partial charge in [0.05, 0.1) is 11.8 Å². The van der Waals surface area contributed by atoms with Gasteiger partial charge in [-0.3, -0.25) is 4.90 Å². The van der Waals surface area contributed by atoms with E-state index in [9.17, 15) is 14.0 Å². The molecule has 0 fully saturated rings. The van der Waals surface area contributed by atoms with Gasteiger partial charge in [0.2, 0.25) is 0 Å². The van der Waals surface area contributed by atoms with Crippen LogP contribution in [-0.2, 0) is 15.9 Å². The summed E-state index contributed by atoms with van der Waals surface area (Å²) in [6, 6.07) is 6.09. The molecule has 2 rings (SSSR count). The Morgan fingerprint density at radius 3 is 2.33 bits per heavy atom. The molecule has 0 aliphatic heterocycles. The normalized spacial score (nSPS) is 11.3. The number of carbonyl (C=O) groups excluding carboxylic acids is 2. The molecule has 178 valence electrons. The second kappa shape index (κ2) is 10.9. The van der Waals surface area contributed by atoms with E-state index in [2.05, 4.69) is 27.5 Å². The summed E-state index contributed by atoms with van der Waals surface area (Å²) in [5, 5.41) is 0. The predicted molar refractivity (Wildman–Crippen MR) is 130 cm³/mol. The van der Waals surface area contributed by atoms with Gasteiger partial charge >= 0.3 is 12.1 Å². The molecule has 33 heavy (non-hydrogen) atoms. The first kappa shape index (κ1) is 26.5. The van der Waals surface area contributed by atoms with E-state index in [-0.39, 0.29) is 29.8 Å². The summed E-state index contributed by atoms with van der Waals surface area (Å²) < 4.78 is 24.8. The van der Waals surface area contributed by atoms with Crippen molar-refractivity contribution in [3.8, 4) is 0 Å². The topological polar surface area (TPSA) is 68.7 Å². The molecule has 0 saturated carbocycles. The molecule has 0 N–H and O–H groups in total. The van der Waals surface area contributed by atoms with E-state index in [0.717, 1.165) is 5.56 Å². The van der Waals surface area contributed by atoms with Crippen LogP contribution in [0.5, 0.6) is 0 Å². The van der Waals surface area contributed by atoms with Gasteiger partial charge in [0, 0.05) is 23.6 Å². The van der Waals surface area contributed by atoms with Gasteiger partial charge in [-0.2, -0.15) is 0 Å². The molecule has 2 aromatic rings. The minimum atomic E-state index is -0.755. The van der Waals surface area contributed by atoms with Crippen LogP contribution in [0.4, 0.5) is 14.9 Å². The van der Waals surface area contributed by atoms with Crippen molar-refractivity contribution in [2.75, 3.05) is 11.4 Å². The third-order valence-corrected chi connectivity index (χ3v) is 5.10. The lowest BCUT2D eigenvalue weighted by atomic mass is 10.0. The van der Waals surface area contributed by atoms with Crippen LogP contribution in [0.2, 0.25) is 0 Å². The lowest BCUT2D eigenvalue weighted by Crippen LogP contribution is -2.39. The van der Waals surface area contributed by atoms with Crippen molar-refractivity contribution in [2.45, 2.75) is 59.7 Å². The van der Waals surface area contributed by atoms with Gasteiger partial charge in [0.25, 0.3) is 0 Å². The SMILES string of the molecule is C=C(C)CN(C(=O)OC(C)(C)C)c1c(C(=O)OC(C)C)ncc(Cc2ccc(F)cc2)c1Br. The van der Waals surface area contributed by atoms with Crippen molar-refractivity contribution in [1.82, 2.24) is 4.98 Å².